The lowest BCUT2D eigenvalue weighted by atomic mass is 9.98. The molecule has 5 heteroatoms. The van der Waals surface area contributed by atoms with Gasteiger partial charge in [0.05, 0.1) is 0 Å². The topological polar surface area (TPSA) is 54.2 Å². The summed E-state index contributed by atoms with van der Waals surface area (Å²) in [6.07, 6.45) is 3.08. The first kappa shape index (κ1) is 11.5. The monoisotopic (exact) mass is 224 g/mol. The molecule has 90 valence electrons. The van der Waals surface area contributed by atoms with Crippen LogP contribution in [-0.2, 0) is 6.42 Å². The van der Waals surface area contributed by atoms with Crippen molar-refractivity contribution in [2.75, 3.05) is 33.7 Å². The molecule has 1 fully saturated rings. The van der Waals surface area contributed by atoms with E-state index in [-0.39, 0.29) is 0 Å². The van der Waals surface area contributed by atoms with Crippen molar-refractivity contribution < 1.29 is 4.52 Å². The van der Waals surface area contributed by atoms with Gasteiger partial charge in [0.25, 0.3) is 0 Å². The summed E-state index contributed by atoms with van der Waals surface area (Å²) in [6, 6.07) is 0. The van der Waals surface area contributed by atoms with Gasteiger partial charge in [-0.2, -0.15) is 4.98 Å². The van der Waals surface area contributed by atoms with E-state index in [1.54, 1.807) is 0 Å². The van der Waals surface area contributed by atoms with Crippen molar-refractivity contribution in [2.45, 2.75) is 25.2 Å². The summed E-state index contributed by atoms with van der Waals surface area (Å²) in [7, 11) is 4.10. The Morgan fingerprint density at radius 1 is 1.38 bits per heavy atom. The van der Waals surface area contributed by atoms with Gasteiger partial charge in [0.2, 0.25) is 5.89 Å². The van der Waals surface area contributed by atoms with Crippen LogP contribution in [-0.4, -0.2) is 48.8 Å². The van der Waals surface area contributed by atoms with E-state index < -0.39 is 0 Å². The molecule has 5 nitrogen and oxygen atoms in total. The third-order valence-electron chi connectivity index (χ3n) is 2.95. The molecule has 1 aliphatic heterocycles. The van der Waals surface area contributed by atoms with Crippen molar-refractivity contribution in [3.63, 3.8) is 0 Å². The van der Waals surface area contributed by atoms with Crippen molar-refractivity contribution in [2.24, 2.45) is 0 Å². The molecule has 0 aromatic carbocycles. The Bertz CT molecular complexity index is 318. The van der Waals surface area contributed by atoms with Crippen LogP contribution < -0.4 is 5.32 Å². The van der Waals surface area contributed by atoms with Crippen molar-refractivity contribution >= 4 is 0 Å². The molecule has 2 rings (SSSR count). The molecule has 1 N–H and O–H groups in total. The molecule has 0 aliphatic carbocycles. The molecular formula is C11H20N4O. The van der Waals surface area contributed by atoms with Gasteiger partial charge in [0.1, 0.15) is 0 Å². The summed E-state index contributed by atoms with van der Waals surface area (Å²) in [5.41, 5.74) is 0. The normalized spacial score (nSPS) is 18.2. The van der Waals surface area contributed by atoms with Crippen LogP contribution >= 0.6 is 0 Å². The predicted octanol–water partition coefficient (Wildman–Crippen LogP) is 0.641. The summed E-state index contributed by atoms with van der Waals surface area (Å²) < 4.78 is 5.33. The van der Waals surface area contributed by atoms with E-state index in [0.29, 0.717) is 5.92 Å². The predicted molar refractivity (Wildman–Crippen MR) is 61.4 cm³/mol. The van der Waals surface area contributed by atoms with E-state index in [2.05, 4.69) is 20.4 Å². The van der Waals surface area contributed by atoms with E-state index in [1.165, 1.54) is 0 Å². The molecule has 0 atom stereocenters. The van der Waals surface area contributed by atoms with Crippen LogP contribution in [0.3, 0.4) is 0 Å². The first-order valence-electron chi connectivity index (χ1n) is 5.93. The minimum Gasteiger partial charge on any atom is -0.339 e. The summed E-state index contributed by atoms with van der Waals surface area (Å²) >= 11 is 0. The molecule has 1 aromatic rings. The summed E-state index contributed by atoms with van der Waals surface area (Å²) in [6.45, 7) is 3.07. The first-order chi connectivity index (χ1) is 7.75. The van der Waals surface area contributed by atoms with Crippen LogP contribution in [0.4, 0.5) is 0 Å². The minimum absolute atomic E-state index is 0.460. The fourth-order valence-corrected chi connectivity index (χ4v) is 1.93. The molecule has 0 unspecified atom stereocenters. The number of rotatable bonds is 4. The second-order valence-electron chi connectivity index (χ2n) is 4.63. The zero-order chi connectivity index (χ0) is 11.4. The number of nitrogens with one attached hydrogen (secondary N) is 1. The maximum atomic E-state index is 5.33. The Morgan fingerprint density at radius 2 is 2.12 bits per heavy atom. The van der Waals surface area contributed by atoms with Gasteiger partial charge in [-0.25, -0.2) is 0 Å². The minimum atomic E-state index is 0.460. The lowest BCUT2D eigenvalue weighted by Gasteiger charge is -2.18. The number of hydrogen-bond acceptors (Lipinski definition) is 5. The zero-order valence-electron chi connectivity index (χ0n) is 10.1. The molecule has 0 radical (unpaired) electrons. The van der Waals surface area contributed by atoms with Crippen molar-refractivity contribution in [3.8, 4) is 0 Å². The largest absolute Gasteiger partial charge is 0.339 e. The summed E-state index contributed by atoms with van der Waals surface area (Å²) in [4.78, 5) is 6.60. The third kappa shape index (κ3) is 3.02. The van der Waals surface area contributed by atoms with Crippen molar-refractivity contribution in [3.05, 3.63) is 11.7 Å². The van der Waals surface area contributed by atoms with E-state index in [9.17, 15) is 0 Å². The Kier molecular flexibility index (Phi) is 3.90. The maximum absolute atomic E-state index is 5.33. The number of aromatic nitrogens is 2. The quantitative estimate of drug-likeness (QED) is 0.813. The van der Waals surface area contributed by atoms with Gasteiger partial charge >= 0.3 is 0 Å². The van der Waals surface area contributed by atoms with E-state index in [4.69, 9.17) is 4.52 Å². The Labute approximate surface area is 96.2 Å². The highest BCUT2D eigenvalue weighted by Crippen LogP contribution is 2.23. The lowest BCUT2D eigenvalue weighted by molar-refractivity contribution is 0.317. The number of hydrogen-bond donors (Lipinski definition) is 1. The van der Waals surface area contributed by atoms with Gasteiger partial charge in [0.15, 0.2) is 5.82 Å². The standard InChI is InChI=1S/C11H20N4O/c1-15(2)8-5-10-13-11(16-14-10)9-3-6-12-7-4-9/h9,12H,3-8H2,1-2H3. The number of nitrogens with zero attached hydrogens (tertiary/aromatic N) is 3. The Balaban J connectivity index is 1.90. The highest BCUT2D eigenvalue weighted by molar-refractivity contribution is 4.96. The molecule has 1 saturated heterocycles. The van der Waals surface area contributed by atoms with Gasteiger partial charge < -0.3 is 14.7 Å². The molecule has 0 bridgehead atoms. The summed E-state index contributed by atoms with van der Waals surface area (Å²) in [5, 5.41) is 7.37. The molecule has 1 aromatic heterocycles. The molecular weight excluding hydrogens is 204 g/mol. The van der Waals surface area contributed by atoms with Crippen LogP contribution in [0.1, 0.15) is 30.5 Å². The van der Waals surface area contributed by atoms with Crippen LogP contribution in [0.15, 0.2) is 4.52 Å². The smallest absolute Gasteiger partial charge is 0.229 e. The average molecular weight is 224 g/mol. The van der Waals surface area contributed by atoms with E-state index in [1.807, 2.05) is 14.1 Å². The maximum Gasteiger partial charge on any atom is 0.229 e. The second kappa shape index (κ2) is 5.41. The van der Waals surface area contributed by atoms with Gasteiger partial charge in [0, 0.05) is 18.9 Å². The van der Waals surface area contributed by atoms with Crippen molar-refractivity contribution in [1.82, 2.24) is 20.4 Å². The van der Waals surface area contributed by atoms with E-state index in [0.717, 1.165) is 50.6 Å². The SMILES string of the molecule is CN(C)CCc1noc(C2CCNCC2)n1. The number of piperidine rings is 1. The Morgan fingerprint density at radius 3 is 2.81 bits per heavy atom. The molecule has 0 spiro atoms. The highest BCUT2D eigenvalue weighted by Gasteiger charge is 2.21. The van der Waals surface area contributed by atoms with Crippen LogP contribution in [0, 0.1) is 0 Å². The van der Waals surface area contributed by atoms with Gasteiger partial charge in [-0.05, 0) is 40.0 Å². The molecule has 1 aliphatic rings. The molecule has 0 saturated carbocycles. The zero-order valence-corrected chi connectivity index (χ0v) is 10.1. The highest BCUT2D eigenvalue weighted by atomic mass is 16.5. The van der Waals surface area contributed by atoms with Gasteiger partial charge in [-0.3, -0.25) is 0 Å². The van der Waals surface area contributed by atoms with E-state index >= 15 is 0 Å². The van der Waals surface area contributed by atoms with Crippen molar-refractivity contribution in [1.29, 1.82) is 0 Å². The first-order valence-corrected chi connectivity index (χ1v) is 5.93. The number of likely N-dealkylation sites (N-methyl/N-ethyl adjacent to an activating group) is 1. The van der Waals surface area contributed by atoms with Crippen LogP contribution in [0.2, 0.25) is 0 Å². The molecule has 0 amide bonds. The fourth-order valence-electron chi connectivity index (χ4n) is 1.93. The fraction of sp³-hybridized carbons (Fsp3) is 0.818. The third-order valence-corrected chi connectivity index (χ3v) is 2.95. The second-order valence-corrected chi connectivity index (χ2v) is 4.63. The van der Waals surface area contributed by atoms with Gasteiger partial charge in [-0.1, -0.05) is 5.16 Å². The van der Waals surface area contributed by atoms with Crippen LogP contribution in [0.25, 0.3) is 0 Å². The van der Waals surface area contributed by atoms with Gasteiger partial charge in [-0.15, -0.1) is 0 Å². The molecule has 16 heavy (non-hydrogen) atoms. The average Bonchev–Trinajstić information content (AvgIpc) is 2.76. The summed E-state index contributed by atoms with van der Waals surface area (Å²) in [5.74, 6) is 2.12. The lowest BCUT2D eigenvalue weighted by Crippen LogP contribution is -2.26. The molecule has 2 heterocycles. The van der Waals surface area contributed by atoms with Crippen LogP contribution in [0.5, 0.6) is 0 Å². The Hall–Kier alpha value is -0.940.